The number of amides is 1. The van der Waals surface area contributed by atoms with Crippen LogP contribution in [0.1, 0.15) is 52.5 Å². The number of rotatable bonds is 2. The van der Waals surface area contributed by atoms with Gasteiger partial charge in [-0.2, -0.15) is 0 Å². The van der Waals surface area contributed by atoms with Crippen molar-refractivity contribution in [3.63, 3.8) is 0 Å². The molecule has 2 saturated carbocycles. The molecule has 0 bridgehead atoms. The second-order valence-electron chi connectivity index (χ2n) is 6.51. The van der Waals surface area contributed by atoms with Gasteiger partial charge in [0, 0.05) is 12.1 Å². The number of nitrogens with one attached hydrogen (secondary N) is 1. The lowest BCUT2D eigenvalue weighted by atomic mass is 9.95. The number of hydrogen-bond acceptors (Lipinski definition) is 1. The van der Waals surface area contributed by atoms with Gasteiger partial charge in [0.05, 0.1) is 5.38 Å². The summed E-state index contributed by atoms with van der Waals surface area (Å²) in [5.41, 5.74) is 3.14. The smallest absolute Gasteiger partial charge is 0.251 e. The number of benzene rings is 1. The highest BCUT2D eigenvalue weighted by Crippen LogP contribution is 2.62. The van der Waals surface area contributed by atoms with Crippen molar-refractivity contribution in [1.29, 1.82) is 0 Å². The van der Waals surface area contributed by atoms with Gasteiger partial charge in [0.25, 0.3) is 5.91 Å². The van der Waals surface area contributed by atoms with Crippen LogP contribution in [0, 0.1) is 17.8 Å². The first kappa shape index (κ1) is 12.7. The zero-order chi connectivity index (χ0) is 13.7. The SMILES string of the molecule is O=C1NCCc2ccc(C(Cl)C3C4CCCCC43)cc21. The molecule has 0 aromatic heterocycles. The van der Waals surface area contributed by atoms with Crippen LogP contribution < -0.4 is 5.32 Å². The van der Waals surface area contributed by atoms with E-state index in [1.165, 1.54) is 25.7 Å². The fourth-order valence-electron chi connectivity index (χ4n) is 4.30. The molecule has 1 aromatic rings. The van der Waals surface area contributed by atoms with E-state index in [2.05, 4.69) is 17.4 Å². The van der Waals surface area contributed by atoms with Crippen molar-refractivity contribution in [3.8, 4) is 0 Å². The summed E-state index contributed by atoms with van der Waals surface area (Å²) in [5, 5.41) is 3.00. The van der Waals surface area contributed by atoms with E-state index in [0.717, 1.165) is 41.5 Å². The molecule has 2 aliphatic carbocycles. The summed E-state index contributed by atoms with van der Waals surface area (Å²) in [5.74, 6) is 2.39. The number of hydrogen-bond donors (Lipinski definition) is 1. The van der Waals surface area contributed by atoms with Crippen molar-refractivity contribution in [3.05, 3.63) is 34.9 Å². The third-order valence-corrected chi connectivity index (χ3v) is 5.98. The maximum atomic E-state index is 11.9. The van der Waals surface area contributed by atoms with E-state index in [-0.39, 0.29) is 11.3 Å². The van der Waals surface area contributed by atoms with Crippen LogP contribution in [0.5, 0.6) is 0 Å². The molecule has 20 heavy (non-hydrogen) atoms. The van der Waals surface area contributed by atoms with E-state index in [0.29, 0.717) is 5.92 Å². The maximum absolute atomic E-state index is 11.9. The van der Waals surface area contributed by atoms with Gasteiger partial charge in [0.1, 0.15) is 0 Å². The highest BCUT2D eigenvalue weighted by molar-refractivity contribution is 6.21. The molecule has 4 rings (SSSR count). The highest BCUT2D eigenvalue weighted by atomic mass is 35.5. The molecule has 2 fully saturated rings. The number of carbonyl (C=O) groups excluding carboxylic acids is 1. The Labute approximate surface area is 124 Å². The van der Waals surface area contributed by atoms with Crippen LogP contribution in [0.25, 0.3) is 0 Å². The zero-order valence-corrected chi connectivity index (χ0v) is 12.3. The largest absolute Gasteiger partial charge is 0.352 e. The molecule has 0 radical (unpaired) electrons. The van der Waals surface area contributed by atoms with Crippen LogP contribution in [0.3, 0.4) is 0 Å². The average molecular weight is 290 g/mol. The van der Waals surface area contributed by atoms with Gasteiger partial charge in [-0.05, 0) is 54.2 Å². The Morgan fingerprint density at radius 2 is 1.95 bits per heavy atom. The lowest BCUT2D eigenvalue weighted by Gasteiger charge is -2.19. The monoisotopic (exact) mass is 289 g/mol. The summed E-state index contributed by atoms with van der Waals surface area (Å²) < 4.78 is 0. The molecule has 0 saturated heterocycles. The third-order valence-electron chi connectivity index (χ3n) is 5.44. The zero-order valence-electron chi connectivity index (χ0n) is 11.6. The van der Waals surface area contributed by atoms with Crippen LogP contribution in [0.15, 0.2) is 18.2 Å². The second-order valence-corrected chi connectivity index (χ2v) is 6.98. The summed E-state index contributed by atoms with van der Waals surface area (Å²) in [7, 11) is 0. The Bertz CT molecular complexity index is 544. The molecule has 1 amide bonds. The molecular formula is C17H20ClNO. The van der Waals surface area contributed by atoms with E-state index in [4.69, 9.17) is 11.6 Å². The molecule has 1 N–H and O–H groups in total. The van der Waals surface area contributed by atoms with Gasteiger partial charge in [-0.3, -0.25) is 4.79 Å². The summed E-state index contributed by atoms with van der Waals surface area (Å²) in [4.78, 5) is 11.9. The minimum Gasteiger partial charge on any atom is -0.352 e. The van der Waals surface area contributed by atoms with Gasteiger partial charge in [-0.1, -0.05) is 25.0 Å². The molecule has 1 aromatic carbocycles. The van der Waals surface area contributed by atoms with Crippen LogP contribution >= 0.6 is 11.6 Å². The molecule has 3 heteroatoms. The number of carbonyl (C=O) groups is 1. The fraction of sp³-hybridized carbons (Fsp3) is 0.588. The molecule has 0 spiro atoms. The topological polar surface area (TPSA) is 29.1 Å². The molecule has 3 unspecified atom stereocenters. The molecular weight excluding hydrogens is 270 g/mol. The van der Waals surface area contributed by atoms with Gasteiger partial charge in [-0.25, -0.2) is 0 Å². The average Bonchev–Trinajstić information content (AvgIpc) is 3.21. The molecule has 1 heterocycles. The molecule has 2 nitrogen and oxygen atoms in total. The van der Waals surface area contributed by atoms with Crippen molar-refractivity contribution >= 4 is 17.5 Å². The van der Waals surface area contributed by atoms with Crippen LogP contribution in [-0.2, 0) is 6.42 Å². The first-order valence-electron chi connectivity index (χ1n) is 7.81. The normalized spacial score (nSPS) is 32.9. The lowest BCUT2D eigenvalue weighted by molar-refractivity contribution is 0.0946. The molecule has 106 valence electrons. The Kier molecular flexibility index (Phi) is 3.03. The molecule has 3 atom stereocenters. The first-order chi connectivity index (χ1) is 9.75. The summed E-state index contributed by atoms with van der Waals surface area (Å²) in [6, 6.07) is 6.27. The molecule has 3 aliphatic rings. The molecule has 1 aliphatic heterocycles. The van der Waals surface area contributed by atoms with E-state index in [1.54, 1.807) is 0 Å². The maximum Gasteiger partial charge on any atom is 0.251 e. The van der Waals surface area contributed by atoms with Crippen LogP contribution in [-0.4, -0.2) is 12.5 Å². The van der Waals surface area contributed by atoms with E-state index >= 15 is 0 Å². The summed E-state index contributed by atoms with van der Waals surface area (Å²) in [6.07, 6.45) is 6.37. The van der Waals surface area contributed by atoms with Crippen molar-refractivity contribution in [1.82, 2.24) is 5.32 Å². The van der Waals surface area contributed by atoms with E-state index in [1.807, 2.05) is 6.07 Å². The highest BCUT2D eigenvalue weighted by Gasteiger charge is 2.54. The third kappa shape index (κ3) is 1.96. The van der Waals surface area contributed by atoms with Gasteiger partial charge in [0.2, 0.25) is 0 Å². The Morgan fingerprint density at radius 1 is 1.20 bits per heavy atom. The van der Waals surface area contributed by atoms with Gasteiger partial charge in [-0.15, -0.1) is 11.6 Å². The van der Waals surface area contributed by atoms with Crippen LogP contribution in [0.2, 0.25) is 0 Å². The van der Waals surface area contributed by atoms with E-state index in [9.17, 15) is 4.79 Å². The number of halogens is 1. The predicted molar refractivity (Wildman–Crippen MR) is 80.0 cm³/mol. The number of fused-ring (bicyclic) bond motifs is 2. The van der Waals surface area contributed by atoms with Gasteiger partial charge in [0.15, 0.2) is 0 Å². The minimum atomic E-state index is 0.0604. The quantitative estimate of drug-likeness (QED) is 0.827. The summed E-state index contributed by atoms with van der Waals surface area (Å²) >= 11 is 6.74. The van der Waals surface area contributed by atoms with Gasteiger partial charge < -0.3 is 5.32 Å². The van der Waals surface area contributed by atoms with Crippen molar-refractivity contribution in [2.75, 3.05) is 6.54 Å². The first-order valence-corrected chi connectivity index (χ1v) is 8.24. The van der Waals surface area contributed by atoms with Gasteiger partial charge >= 0.3 is 0 Å². The Hall–Kier alpha value is -1.02. The van der Waals surface area contributed by atoms with Crippen LogP contribution in [0.4, 0.5) is 0 Å². The Balaban J connectivity index is 1.59. The second kappa shape index (κ2) is 4.77. The predicted octanol–water partition coefficient (Wildman–Crippen LogP) is 3.69. The van der Waals surface area contributed by atoms with Crippen molar-refractivity contribution in [2.24, 2.45) is 17.8 Å². The fourth-order valence-corrected chi connectivity index (χ4v) is 4.81. The minimum absolute atomic E-state index is 0.0604. The van der Waals surface area contributed by atoms with Crippen molar-refractivity contribution < 1.29 is 4.79 Å². The Morgan fingerprint density at radius 3 is 2.70 bits per heavy atom. The lowest BCUT2D eigenvalue weighted by Crippen LogP contribution is -2.31. The van der Waals surface area contributed by atoms with Crippen molar-refractivity contribution in [2.45, 2.75) is 37.5 Å². The summed E-state index contributed by atoms with van der Waals surface area (Å²) in [6.45, 7) is 0.752. The van der Waals surface area contributed by atoms with E-state index < -0.39 is 0 Å². The standard InChI is InChI=1S/C17H20ClNO/c18-16(15-12-3-1-2-4-13(12)15)11-6-5-10-7-8-19-17(20)14(10)9-11/h5-6,9,12-13,15-16H,1-4,7-8H2,(H,19,20). The number of alkyl halides is 1.